The Morgan fingerprint density at radius 2 is 1.88 bits per heavy atom. The maximum Gasteiger partial charge on any atom is 0.223 e. The topological polar surface area (TPSA) is 20.3 Å². The summed E-state index contributed by atoms with van der Waals surface area (Å²) in [5.74, 6) is -0.546. The molecule has 2 nitrogen and oxygen atoms in total. The summed E-state index contributed by atoms with van der Waals surface area (Å²) in [5.41, 5.74) is 1.29. The molecule has 1 amide bonds. The first-order valence-electron chi connectivity index (χ1n) is 5.28. The summed E-state index contributed by atoms with van der Waals surface area (Å²) >= 11 is 0. The second kappa shape index (κ2) is 4.24. The van der Waals surface area contributed by atoms with E-state index in [1.54, 1.807) is 19.2 Å². The Kier molecular flexibility index (Phi) is 3.36. The highest BCUT2D eigenvalue weighted by Gasteiger charge is 2.18. The van der Waals surface area contributed by atoms with E-state index < -0.39 is 0 Å². The van der Waals surface area contributed by atoms with Crippen molar-refractivity contribution in [1.29, 1.82) is 0 Å². The van der Waals surface area contributed by atoms with Crippen LogP contribution in [0.1, 0.15) is 33.3 Å². The van der Waals surface area contributed by atoms with Gasteiger partial charge in [-0.1, -0.05) is 26.8 Å². The summed E-state index contributed by atoms with van der Waals surface area (Å²) in [4.78, 5) is 12.5. The van der Waals surface area contributed by atoms with Gasteiger partial charge in [-0.2, -0.15) is 0 Å². The van der Waals surface area contributed by atoms with Crippen molar-refractivity contribution < 1.29 is 9.18 Å². The Hall–Kier alpha value is -1.38. The summed E-state index contributed by atoms with van der Waals surface area (Å²) in [5, 5.41) is 0. The standard InChI is InChI=1S/C13H18FNO/c1-9(16)15(5)12-8-10(13(2,3)4)6-7-11(12)14/h6-8H,1-5H3. The van der Waals surface area contributed by atoms with Crippen LogP contribution in [0.5, 0.6) is 0 Å². The molecule has 0 fully saturated rings. The first-order valence-corrected chi connectivity index (χ1v) is 5.28. The molecule has 0 unspecified atom stereocenters. The van der Waals surface area contributed by atoms with E-state index in [4.69, 9.17) is 0 Å². The lowest BCUT2D eigenvalue weighted by Gasteiger charge is -2.23. The lowest BCUT2D eigenvalue weighted by molar-refractivity contribution is -0.116. The fourth-order valence-electron chi connectivity index (χ4n) is 1.41. The fraction of sp³-hybridized carbons (Fsp3) is 0.462. The highest BCUT2D eigenvalue weighted by Crippen LogP contribution is 2.28. The second-order valence-corrected chi connectivity index (χ2v) is 4.99. The van der Waals surface area contributed by atoms with Gasteiger partial charge in [0.1, 0.15) is 5.82 Å². The van der Waals surface area contributed by atoms with Crippen molar-refractivity contribution in [3.8, 4) is 0 Å². The van der Waals surface area contributed by atoms with Crippen molar-refractivity contribution in [2.24, 2.45) is 0 Å². The molecule has 0 radical (unpaired) electrons. The average molecular weight is 223 g/mol. The van der Waals surface area contributed by atoms with Crippen molar-refractivity contribution in [3.05, 3.63) is 29.6 Å². The van der Waals surface area contributed by atoms with Crippen molar-refractivity contribution in [2.75, 3.05) is 11.9 Å². The number of amides is 1. The number of hydrogen-bond donors (Lipinski definition) is 0. The molecule has 1 rings (SSSR count). The van der Waals surface area contributed by atoms with E-state index in [0.29, 0.717) is 5.69 Å². The van der Waals surface area contributed by atoms with E-state index in [2.05, 4.69) is 20.8 Å². The predicted octanol–water partition coefficient (Wildman–Crippen LogP) is 3.11. The zero-order valence-electron chi connectivity index (χ0n) is 10.5. The highest BCUT2D eigenvalue weighted by atomic mass is 19.1. The zero-order chi connectivity index (χ0) is 12.5. The van der Waals surface area contributed by atoms with Gasteiger partial charge in [0.15, 0.2) is 0 Å². The van der Waals surface area contributed by atoms with Crippen LogP contribution >= 0.6 is 0 Å². The van der Waals surface area contributed by atoms with Gasteiger partial charge in [0.2, 0.25) is 5.91 Å². The van der Waals surface area contributed by atoms with Crippen molar-refractivity contribution >= 4 is 11.6 Å². The quantitative estimate of drug-likeness (QED) is 0.716. The summed E-state index contributed by atoms with van der Waals surface area (Å²) in [6.07, 6.45) is 0. The first kappa shape index (κ1) is 12.7. The third-order valence-corrected chi connectivity index (χ3v) is 2.65. The molecule has 0 aliphatic carbocycles. The van der Waals surface area contributed by atoms with Gasteiger partial charge in [-0.05, 0) is 23.1 Å². The van der Waals surface area contributed by atoms with Crippen LogP contribution in [0.2, 0.25) is 0 Å². The highest BCUT2D eigenvalue weighted by molar-refractivity contribution is 5.91. The van der Waals surface area contributed by atoms with Crippen LogP contribution in [0.15, 0.2) is 18.2 Å². The monoisotopic (exact) mass is 223 g/mol. The number of hydrogen-bond acceptors (Lipinski definition) is 1. The molecule has 88 valence electrons. The van der Waals surface area contributed by atoms with E-state index >= 15 is 0 Å². The van der Waals surface area contributed by atoms with E-state index in [1.807, 2.05) is 0 Å². The smallest absolute Gasteiger partial charge is 0.223 e. The number of rotatable bonds is 1. The first-order chi connectivity index (χ1) is 7.23. The number of carbonyl (C=O) groups is 1. The van der Waals surface area contributed by atoms with E-state index in [-0.39, 0.29) is 17.1 Å². The number of anilines is 1. The lowest BCUT2D eigenvalue weighted by Crippen LogP contribution is -2.24. The van der Waals surface area contributed by atoms with Crippen LogP contribution in [-0.4, -0.2) is 13.0 Å². The molecule has 0 aliphatic heterocycles. The molecular formula is C13H18FNO. The van der Waals surface area contributed by atoms with Gasteiger partial charge in [0.05, 0.1) is 5.69 Å². The Balaban J connectivity index is 3.24. The van der Waals surface area contributed by atoms with Crippen molar-refractivity contribution in [1.82, 2.24) is 0 Å². The van der Waals surface area contributed by atoms with Gasteiger partial charge in [-0.3, -0.25) is 4.79 Å². The van der Waals surface area contributed by atoms with Gasteiger partial charge in [-0.15, -0.1) is 0 Å². The maximum atomic E-state index is 13.6. The van der Waals surface area contributed by atoms with Crippen LogP contribution in [0, 0.1) is 5.82 Å². The van der Waals surface area contributed by atoms with Gasteiger partial charge in [-0.25, -0.2) is 4.39 Å². The van der Waals surface area contributed by atoms with Gasteiger partial charge < -0.3 is 4.90 Å². The van der Waals surface area contributed by atoms with Crippen LogP contribution < -0.4 is 4.90 Å². The molecule has 0 heterocycles. The Morgan fingerprint density at radius 1 is 1.31 bits per heavy atom. The summed E-state index contributed by atoms with van der Waals surface area (Å²) in [7, 11) is 1.58. The fourth-order valence-corrected chi connectivity index (χ4v) is 1.41. The van der Waals surface area contributed by atoms with Crippen molar-refractivity contribution in [2.45, 2.75) is 33.1 Å². The molecule has 3 heteroatoms. The average Bonchev–Trinajstić information content (AvgIpc) is 2.15. The normalized spacial score (nSPS) is 11.4. The third-order valence-electron chi connectivity index (χ3n) is 2.65. The SMILES string of the molecule is CC(=O)N(C)c1cc(C(C)(C)C)ccc1F. The molecule has 0 atom stereocenters. The van der Waals surface area contributed by atoms with E-state index in [1.165, 1.54) is 17.9 Å². The molecule has 0 N–H and O–H groups in total. The predicted molar refractivity (Wildman–Crippen MR) is 64.2 cm³/mol. The molecule has 0 saturated carbocycles. The van der Waals surface area contributed by atoms with Gasteiger partial charge in [0, 0.05) is 14.0 Å². The minimum atomic E-state index is -0.370. The molecular weight excluding hydrogens is 205 g/mol. The van der Waals surface area contributed by atoms with E-state index in [9.17, 15) is 9.18 Å². The molecule has 0 spiro atoms. The number of carbonyl (C=O) groups excluding carboxylic acids is 1. The Morgan fingerprint density at radius 3 is 2.31 bits per heavy atom. The molecule has 0 saturated heterocycles. The van der Waals surface area contributed by atoms with Gasteiger partial charge in [0.25, 0.3) is 0 Å². The zero-order valence-corrected chi connectivity index (χ0v) is 10.5. The van der Waals surface area contributed by atoms with Gasteiger partial charge >= 0.3 is 0 Å². The third kappa shape index (κ3) is 2.60. The summed E-state index contributed by atoms with van der Waals surface area (Å²) in [6, 6.07) is 4.90. The lowest BCUT2D eigenvalue weighted by atomic mass is 9.87. The van der Waals surface area contributed by atoms with Crippen LogP contribution in [-0.2, 0) is 10.2 Å². The van der Waals surface area contributed by atoms with Crippen LogP contribution in [0.25, 0.3) is 0 Å². The maximum absolute atomic E-state index is 13.6. The molecule has 0 aliphatic rings. The number of nitrogens with zero attached hydrogens (tertiary/aromatic N) is 1. The Labute approximate surface area is 96.1 Å². The number of benzene rings is 1. The summed E-state index contributed by atoms with van der Waals surface area (Å²) in [6.45, 7) is 7.58. The number of halogens is 1. The second-order valence-electron chi connectivity index (χ2n) is 4.99. The van der Waals surface area contributed by atoms with Crippen LogP contribution in [0.3, 0.4) is 0 Å². The van der Waals surface area contributed by atoms with E-state index in [0.717, 1.165) is 5.56 Å². The molecule has 0 bridgehead atoms. The largest absolute Gasteiger partial charge is 0.313 e. The van der Waals surface area contributed by atoms with Crippen molar-refractivity contribution in [3.63, 3.8) is 0 Å². The molecule has 1 aromatic rings. The minimum Gasteiger partial charge on any atom is -0.313 e. The summed E-state index contributed by atoms with van der Waals surface area (Å²) < 4.78 is 13.6. The van der Waals surface area contributed by atoms with Crippen LogP contribution in [0.4, 0.5) is 10.1 Å². The minimum absolute atomic E-state index is 0.0555. The molecule has 0 aromatic heterocycles. The molecule has 1 aromatic carbocycles. The molecule has 16 heavy (non-hydrogen) atoms. The Bertz CT molecular complexity index is 407.